The van der Waals surface area contributed by atoms with Gasteiger partial charge in [-0.3, -0.25) is 9.69 Å². The van der Waals surface area contributed by atoms with E-state index in [2.05, 4.69) is 11.9 Å². The molecule has 0 saturated carbocycles. The highest BCUT2D eigenvalue weighted by molar-refractivity contribution is 5.76. The van der Waals surface area contributed by atoms with Crippen molar-refractivity contribution < 1.29 is 19.1 Å². The molecule has 130 valence electrons. The summed E-state index contributed by atoms with van der Waals surface area (Å²) in [5.74, 6) is -0.313. The SMILES string of the molecule is C=CCOC(=O)N(Cc1cccc(C)c1)[C@@H]1CN[C@H](C(=O)OC)C1. The molecular formula is C18H24N2O4. The predicted molar refractivity (Wildman–Crippen MR) is 90.5 cm³/mol. The Balaban J connectivity index is 2.12. The molecule has 1 aromatic carbocycles. The standard InChI is InChI=1S/C18H24N2O4/c1-4-8-24-18(22)20(12-14-7-5-6-13(2)9-14)15-10-16(19-11-15)17(21)23-3/h4-7,9,15-16,19H,1,8,10-12H2,2-3H3/t15-,16-/m0/s1. The number of amides is 1. The van der Waals surface area contributed by atoms with E-state index in [0.717, 1.165) is 11.1 Å². The van der Waals surface area contributed by atoms with Gasteiger partial charge in [-0.15, -0.1) is 0 Å². The maximum Gasteiger partial charge on any atom is 0.410 e. The fraction of sp³-hybridized carbons (Fsp3) is 0.444. The van der Waals surface area contributed by atoms with Gasteiger partial charge in [-0.2, -0.15) is 0 Å². The van der Waals surface area contributed by atoms with Gasteiger partial charge in [0.15, 0.2) is 0 Å². The highest BCUT2D eigenvalue weighted by Gasteiger charge is 2.36. The molecule has 6 nitrogen and oxygen atoms in total. The molecule has 1 aromatic rings. The van der Waals surface area contributed by atoms with Crippen molar-refractivity contribution in [2.75, 3.05) is 20.3 Å². The van der Waals surface area contributed by atoms with Crippen LogP contribution >= 0.6 is 0 Å². The number of hydrogen-bond donors (Lipinski definition) is 1. The summed E-state index contributed by atoms with van der Waals surface area (Å²) in [6.45, 7) is 6.68. The molecule has 1 amide bonds. The predicted octanol–water partition coefficient (Wildman–Crippen LogP) is 2.02. The number of ether oxygens (including phenoxy) is 2. The topological polar surface area (TPSA) is 67.9 Å². The van der Waals surface area contributed by atoms with Gasteiger partial charge in [-0.1, -0.05) is 42.5 Å². The number of rotatable bonds is 6. The van der Waals surface area contributed by atoms with Crippen LogP contribution in [-0.4, -0.2) is 49.3 Å². The Kier molecular flexibility index (Phi) is 6.37. The number of nitrogens with one attached hydrogen (secondary N) is 1. The van der Waals surface area contributed by atoms with Crippen LogP contribution in [0.15, 0.2) is 36.9 Å². The smallest absolute Gasteiger partial charge is 0.410 e. The molecular weight excluding hydrogens is 308 g/mol. The highest BCUT2D eigenvalue weighted by atomic mass is 16.6. The Morgan fingerprint density at radius 2 is 2.25 bits per heavy atom. The summed E-state index contributed by atoms with van der Waals surface area (Å²) in [7, 11) is 1.36. The van der Waals surface area contributed by atoms with E-state index < -0.39 is 12.1 Å². The third kappa shape index (κ3) is 4.58. The quantitative estimate of drug-likeness (QED) is 0.638. The fourth-order valence-electron chi connectivity index (χ4n) is 2.84. The summed E-state index contributed by atoms with van der Waals surface area (Å²) in [5, 5.41) is 3.10. The zero-order valence-electron chi connectivity index (χ0n) is 14.2. The number of benzene rings is 1. The Hall–Kier alpha value is -2.34. The lowest BCUT2D eigenvalue weighted by Crippen LogP contribution is -2.41. The van der Waals surface area contributed by atoms with Crippen molar-refractivity contribution in [3.8, 4) is 0 Å². The van der Waals surface area contributed by atoms with Crippen LogP contribution in [0.25, 0.3) is 0 Å². The molecule has 1 heterocycles. The second kappa shape index (κ2) is 8.49. The average Bonchev–Trinajstić information content (AvgIpc) is 3.06. The maximum atomic E-state index is 12.4. The van der Waals surface area contributed by atoms with Crippen LogP contribution < -0.4 is 5.32 Å². The third-order valence-corrected chi connectivity index (χ3v) is 4.03. The number of aryl methyl sites for hydroxylation is 1. The summed E-state index contributed by atoms with van der Waals surface area (Å²) < 4.78 is 9.99. The zero-order chi connectivity index (χ0) is 17.5. The third-order valence-electron chi connectivity index (χ3n) is 4.03. The molecule has 0 aliphatic carbocycles. The van der Waals surface area contributed by atoms with Crippen molar-refractivity contribution in [1.29, 1.82) is 0 Å². The van der Waals surface area contributed by atoms with Gasteiger partial charge in [0.25, 0.3) is 0 Å². The van der Waals surface area contributed by atoms with Gasteiger partial charge in [0.1, 0.15) is 12.6 Å². The van der Waals surface area contributed by atoms with Crippen molar-refractivity contribution >= 4 is 12.1 Å². The lowest BCUT2D eigenvalue weighted by molar-refractivity contribution is -0.142. The lowest BCUT2D eigenvalue weighted by atomic mass is 10.1. The number of hydrogen-bond acceptors (Lipinski definition) is 5. The molecule has 6 heteroatoms. The van der Waals surface area contributed by atoms with Crippen LogP contribution in [0.4, 0.5) is 4.79 Å². The second-order valence-electron chi connectivity index (χ2n) is 5.86. The van der Waals surface area contributed by atoms with E-state index in [1.165, 1.54) is 13.2 Å². The van der Waals surface area contributed by atoms with E-state index in [1.54, 1.807) is 4.90 Å². The second-order valence-corrected chi connectivity index (χ2v) is 5.86. The first-order chi connectivity index (χ1) is 11.5. The monoisotopic (exact) mass is 332 g/mol. The van der Waals surface area contributed by atoms with Gasteiger partial charge in [-0.05, 0) is 18.9 Å². The average molecular weight is 332 g/mol. The van der Waals surface area contributed by atoms with Crippen LogP contribution in [0.1, 0.15) is 17.5 Å². The molecule has 1 fully saturated rings. The molecule has 2 rings (SSSR count). The Bertz CT molecular complexity index is 602. The molecule has 0 aromatic heterocycles. The minimum Gasteiger partial charge on any atom is -0.468 e. The number of nitrogens with zero attached hydrogens (tertiary/aromatic N) is 1. The number of carbonyl (C=O) groups excluding carboxylic acids is 2. The summed E-state index contributed by atoms with van der Waals surface area (Å²) >= 11 is 0. The van der Waals surface area contributed by atoms with Crippen LogP contribution in [0.5, 0.6) is 0 Å². The number of carbonyl (C=O) groups is 2. The normalized spacial score (nSPS) is 19.6. The number of methoxy groups -OCH3 is 1. The minimum atomic E-state index is -0.409. The summed E-state index contributed by atoms with van der Waals surface area (Å²) in [4.78, 5) is 25.8. The molecule has 1 aliphatic rings. The first-order valence-electron chi connectivity index (χ1n) is 7.96. The first kappa shape index (κ1) is 18.0. The van der Waals surface area contributed by atoms with E-state index in [0.29, 0.717) is 19.5 Å². The first-order valence-corrected chi connectivity index (χ1v) is 7.96. The van der Waals surface area contributed by atoms with E-state index in [9.17, 15) is 9.59 Å². The summed E-state index contributed by atoms with van der Waals surface area (Å²) in [6.07, 6.45) is 1.63. The van der Waals surface area contributed by atoms with Crippen molar-refractivity contribution in [2.45, 2.75) is 32.0 Å². The minimum absolute atomic E-state index is 0.132. The summed E-state index contributed by atoms with van der Waals surface area (Å²) in [5.41, 5.74) is 2.15. The molecule has 1 aliphatic heterocycles. The van der Waals surface area contributed by atoms with Gasteiger partial charge >= 0.3 is 12.1 Å². The van der Waals surface area contributed by atoms with Crippen molar-refractivity contribution in [2.24, 2.45) is 0 Å². The number of esters is 1. The molecule has 1 N–H and O–H groups in total. The largest absolute Gasteiger partial charge is 0.468 e. The van der Waals surface area contributed by atoms with E-state index in [1.807, 2.05) is 31.2 Å². The Morgan fingerprint density at radius 1 is 1.46 bits per heavy atom. The van der Waals surface area contributed by atoms with Gasteiger partial charge in [0, 0.05) is 19.1 Å². The fourth-order valence-corrected chi connectivity index (χ4v) is 2.84. The zero-order valence-corrected chi connectivity index (χ0v) is 14.2. The van der Waals surface area contributed by atoms with Crippen LogP contribution in [0.3, 0.4) is 0 Å². The van der Waals surface area contributed by atoms with Crippen LogP contribution in [0.2, 0.25) is 0 Å². The molecule has 24 heavy (non-hydrogen) atoms. The van der Waals surface area contributed by atoms with E-state index >= 15 is 0 Å². The van der Waals surface area contributed by atoms with Gasteiger partial charge in [-0.25, -0.2) is 4.79 Å². The van der Waals surface area contributed by atoms with Crippen molar-refractivity contribution in [3.63, 3.8) is 0 Å². The van der Waals surface area contributed by atoms with Crippen molar-refractivity contribution in [3.05, 3.63) is 48.0 Å². The molecule has 1 saturated heterocycles. The Labute approximate surface area is 142 Å². The van der Waals surface area contributed by atoms with Gasteiger partial charge in [0.05, 0.1) is 7.11 Å². The lowest BCUT2D eigenvalue weighted by Gasteiger charge is -2.28. The molecule has 2 atom stereocenters. The summed E-state index contributed by atoms with van der Waals surface area (Å²) in [6, 6.07) is 7.45. The maximum absolute atomic E-state index is 12.4. The molecule has 0 spiro atoms. The van der Waals surface area contributed by atoms with E-state index in [-0.39, 0.29) is 18.6 Å². The molecule has 0 unspecified atom stereocenters. The van der Waals surface area contributed by atoms with Crippen LogP contribution in [0, 0.1) is 6.92 Å². The molecule has 0 bridgehead atoms. The van der Waals surface area contributed by atoms with Gasteiger partial charge in [0.2, 0.25) is 0 Å². The van der Waals surface area contributed by atoms with Crippen molar-refractivity contribution in [1.82, 2.24) is 10.2 Å². The van der Waals surface area contributed by atoms with E-state index in [4.69, 9.17) is 9.47 Å². The highest BCUT2D eigenvalue weighted by Crippen LogP contribution is 2.19. The van der Waals surface area contributed by atoms with Crippen LogP contribution in [-0.2, 0) is 20.8 Å². The van der Waals surface area contributed by atoms with Gasteiger partial charge < -0.3 is 14.8 Å². The Morgan fingerprint density at radius 3 is 2.92 bits per heavy atom. The molecule has 0 radical (unpaired) electrons.